The third kappa shape index (κ3) is 8.03. The number of hydrogen-bond acceptors (Lipinski definition) is 2. The summed E-state index contributed by atoms with van der Waals surface area (Å²) in [5.41, 5.74) is 1.09. The fourth-order valence-corrected chi connectivity index (χ4v) is 2.24. The smallest absolute Gasteiger partial charge is 0.0717 e. The molecule has 1 rings (SSSR count). The van der Waals surface area contributed by atoms with Gasteiger partial charge in [0.15, 0.2) is 0 Å². The van der Waals surface area contributed by atoms with Crippen LogP contribution in [0.25, 0.3) is 0 Å². The summed E-state index contributed by atoms with van der Waals surface area (Å²) in [6.07, 6.45) is 4.13. The minimum atomic E-state index is -0.125. The third-order valence-electron chi connectivity index (χ3n) is 3.29. The molecule has 0 aliphatic carbocycles. The predicted molar refractivity (Wildman–Crippen MR) is 89.3 cm³/mol. The van der Waals surface area contributed by atoms with E-state index >= 15 is 0 Å². The standard InChI is InChI=1S/C19H30O2/c1-6-7-13-18(21-19(3,4)5)16(2)14-20-15-17-11-9-8-10-12-17/h6,8-12,16,18H,1,7,13-15H2,2-5H3/t16-,18+/m0/s1. The van der Waals surface area contributed by atoms with Crippen molar-refractivity contribution in [1.82, 2.24) is 0 Å². The molecule has 0 fully saturated rings. The van der Waals surface area contributed by atoms with Crippen molar-refractivity contribution in [1.29, 1.82) is 0 Å². The zero-order valence-corrected chi connectivity index (χ0v) is 14.0. The van der Waals surface area contributed by atoms with Crippen LogP contribution in [0.15, 0.2) is 43.0 Å². The van der Waals surface area contributed by atoms with Crippen molar-refractivity contribution < 1.29 is 9.47 Å². The molecule has 0 aliphatic heterocycles. The highest BCUT2D eigenvalue weighted by molar-refractivity contribution is 5.13. The Balaban J connectivity index is 2.43. The summed E-state index contributed by atoms with van der Waals surface area (Å²) in [7, 11) is 0. The second-order valence-corrected chi connectivity index (χ2v) is 6.61. The molecule has 1 aromatic rings. The van der Waals surface area contributed by atoms with Gasteiger partial charge in [0.2, 0.25) is 0 Å². The lowest BCUT2D eigenvalue weighted by Gasteiger charge is -2.31. The molecular weight excluding hydrogens is 260 g/mol. The predicted octanol–water partition coefficient (Wildman–Crippen LogP) is 4.99. The van der Waals surface area contributed by atoms with Crippen LogP contribution in [0, 0.1) is 5.92 Å². The Hall–Kier alpha value is -1.12. The molecule has 0 unspecified atom stereocenters. The van der Waals surface area contributed by atoms with Gasteiger partial charge in [0.05, 0.1) is 24.9 Å². The number of rotatable bonds is 9. The van der Waals surface area contributed by atoms with E-state index in [1.807, 2.05) is 24.3 Å². The average Bonchev–Trinajstić information content (AvgIpc) is 2.43. The number of benzene rings is 1. The molecule has 0 saturated carbocycles. The van der Waals surface area contributed by atoms with Gasteiger partial charge in [-0.05, 0) is 39.2 Å². The van der Waals surface area contributed by atoms with E-state index in [-0.39, 0.29) is 11.7 Å². The van der Waals surface area contributed by atoms with Gasteiger partial charge >= 0.3 is 0 Å². The Morgan fingerprint density at radius 3 is 2.43 bits per heavy atom. The highest BCUT2D eigenvalue weighted by Gasteiger charge is 2.23. The van der Waals surface area contributed by atoms with Crippen molar-refractivity contribution in [3.05, 3.63) is 48.6 Å². The maximum absolute atomic E-state index is 6.18. The van der Waals surface area contributed by atoms with Crippen LogP contribution in [-0.2, 0) is 16.1 Å². The summed E-state index contributed by atoms with van der Waals surface area (Å²) < 4.78 is 12.0. The van der Waals surface area contributed by atoms with Crippen LogP contribution in [0.1, 0.15) is 46.1 Å². The first-order chi connectivity index (χ1) is 9.92. The van der Waals surface area contributed by atoms with Gasteiger partial charge in [0.25, 0.3) is 0 Å². The monoisotopic (exact) mass is 290 g/mol. The molecule has 0 saturated heterocycles. The van der Waals surface area contributed by atoms with Gasteiger partial charge in [0.1, 0.15) is 0 Å². The van der Waals surface area contributed by atoms with E-state index in [2.05, 4.69) is 46.4 Å². The minimum absolute atomic E-state index is 0.125. The van der Waals surface area contributed by atoms with Gasteiger partial charge in [-0.1, -0.05) is 43.3 Å². The van der Waals surface area contributed by atoms with Crippen molar-refractivity contribution in [2.24, 2.45) is 5.92 Å². The summed E-state index contributed by atoms with van der Waals surface area (Å²) in [5.74, 6) is 0.368. The molecule has 0 radical (unpaired) electrons. The summed E-state index contributed by atoms with van der Waals surface area (Å²) in [6.45, 7) is 13.7. The molecule has 0 N–H and O–H groups in total. The van der Waals surface area contributed by atoms with E-state index in [1.54, 1.807) is 0 Å². The van der Waals surface area contributed by atoms with E-state index in [0.717, 1.165) is 12.8 Å². The lowest BCUT2D eigenvalue weighted by atomic mass is 9.99. The van der Waals surface area contributed by atoms with Crippen LogP contribution in [0.5, 0.6) is 0 Å². The molecule has 0 amide bonds. The molecule has 2 atom stereocenters. The Morgan fingerprint density at radius 2 is 1.86 bits per heavy atom. The van der Waals surface area contributed by atoms with Gasteiger partial charge in [-0.15, -0.1) is 6.58 Å². The Kier molecular flexibility index (Phi) is 7.69. The first kappa shape index (κ1) is 17.9. The van der Waals surface area contributed by atoms with Crippen LogP contribution in [0.3, 0.4) is 0 Å². The number of hydrogen-bond donors (Lipinski definition) is 0. The number of allylic oxidation sites excluding steroid dienone is 1. The van der Waals surface area contributed by atoms with Gasteiger partial charge < -0.3 is 9.47 Å². The molecule has 2 heteroatoms. The average molecular weight is 290 g/mol. The molecule has 118 valence electrons. The molecule has 0 bridgehead atoms. The summed E-state index contributed by atoms with van der Waals surface area (Å²) in [5, 5.41) is 0. The Morgan fingerprint density at radius 1 is 1.19 bits per heavy atom. The second-order valence-electron chi connectivity index (χ2n) is 6.61. The van der Waals surface area contributed by atoms with E-state index < -0.39 is 0 Å². The fourth-order valence-electron chi connectivity index (χ4n) is 2.24. The Bertz CT molecular complexity index is 392. The van der Waals surface area contributed by atoms with Crippen molar-refractivity contribution in [3.63, 3.8) is 0 Å². The molecule has 1 aromatic carbocycles. The molecule has 0 heterocycles. The van der Waals surface area contributed by atoms with Crippen LogP contribution in [0.4, 0.5) is 0 Å². The third-order valence-corrected chi connectivity index (χ3v) is 3.29. The normalized spacial score (nSPS) is 14.7. The molecule has 21 heavy (non-hydrogen) atoms. The van der Waals surface area contributed by atoms with Crippen LogP contribution >= 0.6 is 0 Å². The SMILES string of the molecule is C=CCC[C@@H](OC(C)(C)C)[C@@H](C)COCc1ccccc1. The number of ether oxygens (including phenoxy) is 2. The zero-order valence-electron chi connectivity index (χ0n) is 14.0. The van der Waals surface area contributed by atoms with Gasteiger partial charge in [-0.25, -0.2) is 0 Å². The van der Waals surface area contributed by atoms with Crippen LogP contribution in [0.2, 0.25) is 0 Å². The van der Waals surface area contributed by atoms with E-state index in [4.69, 9.17) is 9.47 Å². The van der Waals surface area contributed by atoms with Crippen molar-refractivity contribution in [2.45, 2.75) is 58.8 Å². The summed E-state index contributed by atoms with van der Waals surface area (Å²) >= 11 is 0. The maximum atomic E-state index is 6.18. The first-order valence-corrected chi connectivity index (χ1v) is 7.83. The van der Waals surface area contributed by atoms with Gasteiger partial charge in [-0.2, -0.15) is 0 Å². The van der Waals surface area contributed by atoms with Gasteiger partial charge in [-0.3, -0.25) is 0 Å². The lowest BCUT2D eigenvalue weighted by molar-refractivity contribution is -0.0985. The summed E-state index contributed by atoms with van der Waals surface area (Å²) in [6, 6.07) is 10.3. The minimum Gasteiger partial charge on any atom is -0.376 e. The fraction of sp³-hybridized carbons (Fsp3) is 0.579. The molecule has 0 aromatic heterocycles. The topological polar surface area (TPSA) is 18.5 Å². The summed E-state index contributed by atoms with van der Waals surface area (Å²) in [4.78, 5) is 0. The van der Waals surface area contributed by atoms with Crippen molar-refractivity contribution in [3.8, 4) is 0 Å². The van der Waals surface area contributed by atoms with E-state index in [9.17, 15) is 0 Å². The molecule has 2 nitrogen and oxygen atoms in total. The quantitative estimate of drug-likeness (QED) is 0.597. The molecular formula is C19H30O2. The first-order valence-electron chi connectivity index (χ1n) is 7.83. The van der Waals surface area contributed by atoms with Crippen LogP contribution < -0.4 is 0 Å². The van der Waals surface area contributed by atoms with Crippen LogP contribution in [-0.4, -0.2) is 18.3 Å². The highest BCUT2D eigenvalue weighted by atomic mass is 16.5. The second kappa shape index (κ2) is 9.01. The van der Waals surface area contributed by atoms with Crippen molar-refractivity contribution in [2.75, 3.05) is 6.61 Å². The van der Waals surface area contributed by atoms with E-state index in [1.165, 1.54) is 5.56 Å². The lowest BCUT2D eigenvalue weighted by Crippen LogP contribution is -2.33. The molecule has 0 aliphatic rings. The Labute approximate surface area is 130 Å². The maximum Gasteiger partial charge on any atom is 0.0717 e. The zero-order chi connectivity index (χ0) is 15.7. The molecule has 0 spiro atoms. The van der Waals surface area contributed by atoms with E-state index in [0.29, 0.717) is 19.1 Å². The largest absolute Gasteiger partial charge is 0.376 e. The van der Waals surface area contributed by atoms with Gasteiger partial charge in [0, 0.05) is 5.92 Å². The van der Waals surface area contributed by atoms with Crippen molar-refractivity contribution >= 4 is 0 Å². The highest BCUT2D eigenvalue weighted by Crippen LogP contribution is 2.21.